The number of benzene rings is 1. The molecule has 2 aromatic heterocycles. The van der Waals surface area contributed by atoms with E-state index in [1.54, 1.807) is 12.1 Å². The monoisotopic (exact) mass is 341 g/mol. The van der Waals surface area contributed by atoms with Gasteiger partial charge in [-0.2, -0.15) is 10.4 Å². The summed E-state index contributed by atoms with van der Waals surface area (Å²) in [5.41, 5.74) is 10.0. The van der Waals surface area contributed by atoms with Crippen molar-refractivity contribution >= 4 is 17.4 Å². The van der Waals surface area contributed by atoms with Crippen LogP contribution >= 0.6 is 11.6 Å². The molecule has 0 aliphatic carbocycles. The largest absolute Gasteiger partial charge is 0.383 e. The quantitative estimate of drug-likeness (QED) is 0.736. The third-order valence-electron chi connectivity index (χ3n) is 3.72. The zero-order chi connectivity index (χ0) is 17.4. The van der Waals surface area contributed by atoms with E-state index < -0.39 is 5.82 Å². The molecule has 0 spiro atoms. The molecule has 3 rings (SSSR count). The van der Waals surface area contributed by atoms with Gasteiger partial charge in [-0.1, -0.05) is 11.6 Å². The first-order chi connectivity index (χ1) is 11.4. The van der Waals surface area contributed by atoms with Gasteiger partial charge in [-0.05, 0) is 43.7 Å². The Morgan fingerprint density at radius 3 is 2.58 bits per heavy atom. The number of nitrogens with zero attached hydrogens (tertiary/aromatic N) is 3. The fourth-order valence-corrected chi connectivity index (χ4v) is 2.90. The van der Waals surface area contributed by atoms with Crippen LogP contribution in [0.4, 0.5) is 10.2 Å². The van der Waals surface area contributed by atoms with Crippen molar-refractivity contribution in [2.75, 3.05) is 5.73 Å². The summed E-state index contributed by atoms with van der Waals surface area (Å²) in [5.74, 6) is -0.417. The Hall–Kier alpha value is -2.91. The van der Waals surface area contributed by atoms with Crippen molar-refractivity contribution in [3.8, 4) is 28.5 Å². The van der Waals surface area contributed by atoms with Crippen molar-refractivity contribution in [1.82, 2.24) is 15.2 Å². The van der Waals surface area contributed by atoms with E-state index in [2.05, 4.69) is 15.2 Å². The molecule has 120 valence electrons. The van der Waals surface area contributed by atoms with Gasteiger partial charge in [0.05, 0.1) is 11.4 Å². The summed E-state index contributed by atoms with van der Waals surface area (Å²) < 4.78 is 13.7. The minimum absolute atomic E-state index is 0.0744. The van der Waals surface area contributed by atoms with Crippen molar-refractivity contribution in [2.24, 2.45) is 0 Å². The summed E-state index contributed by atoms with van der Waals surface area (Å²) in [6.45, 7) is 3.71. The highest BCUT2D eigenvalue weighted by Crippen LogP contribution is 2.34. The van der Waals surface area contributed by atoms with Crippen molar-refractivity contribution in [3.05, 3.63) is 52.1 Å². The first-order valence-corrected chi connectivity index (χ1v) is 7.47. The van der Waals surface area contributed by atoms with Crippen LogP contribution in [0, 0.1) is 31.0 Å². The first kappa shape index (κ1) is 16.0. The molecule has 0 radical (unpaired) electrons. The maximum Gasteiger partial charge on any atom is 0.142 e. The van der Waals surface area contributed by atoms with Crippen molar-refractivity contribution in [3.63, 3.8) is 0 Å². The second-order valence-corrected chi connectivity index (χ2v) is 5.83. The van der Waals surface area contributed by atoms with Crippen LogP contribution in [0.2, 0.25) is 5.02 Å². The summed E-state index contributed by atoms with van der Waals surface area (Å²) in [4.78, 5) is 4.31. The lowest BCUT2D eigenvalue weighted by molar-refractivity contribution is 0.628. The number of hydrogen-bond donors (Lipinski definition) is 2. The number of pyridine rings is 1. The number of aryl methyl sites for hydroxylation is 2. The number of anilines is 1. The summed E-state index contributed by atoms with van der Waals surface area (Å²) >= 11 is 5.94. The van der Waals surface area contributed by atoms with E-state index in [0.717, 1.165) is 17.0 Å². The average molecular weight is 342 g/mol. The lowest BCUT2D eigenvalue weighted by Crippen LogP contribution is -2.00. The van der Waals surface area contributed by atoms with Gasteiger partial charge in [0, 0.05) is 21.8 Å². The number of aromatic nitrogens is 3. The highest BCUT2D eigenvalue weighted by atomic mass is 35.5. The summed E-state index contributed by atoms with van der Waals surface area (Å²) in [5, 5.41) is 16.7. The fourth-order valence-electron chi connectivity index (χ4n) is 2.68. The Balaban J connectivity index is 2.31. The zero-order valence-electron chi connectivity index (χ0n) is 13.0. The number of nitriles is 1. The van der Waals surface area contributed by atoms with Gasteiger partial charge in [-0.25, -0.2) is 9.37 Å². The van der Waals surface area contributed by atoms with Gasteiger partial charge in [0.15, 0.2) is 0 Å². The van der Waals surface area contributed by atoms with E-state index in [9.17, 15) is 9.65 Å². The van der Waals surface area contributed by atoms with Crippen LogP contribution in [0.5, 0.6) is 0 Å². The molecule has 5 nitrogen and oxygen atoms in total. The second kappa shape index (κ2) is 5.95. The van der Waals surface area contributed by atoms with Crippen LogP contribution in [0.25, 0.3) is 22.4 Å². The molecule has 0 saturated carbocycles. The molecule has 0 saturated heterocycles. The molecular formula is C17H13ClFN5. The summed E-state index contributed by atoms with van der Waals surface area (Å²) in [6.07, 6.45) is 0. The van der Waals surface area contributed by atoms with E-state index in [-0.39, 0.29) is 16.4 Å². The zero-order valence-corrected chi connectivity index (χ0v) is 13.7. The van der Waals surface area contributed by atoms with Gasteiger partial charge in [-0.15, -0.1) is 0 Å². The Labute approximate surface area is 142 Å². The SMILES string of the molecule is Cc1n[nH]c(C)c1-c1cc(-c2cc(F)cc(Cl)c2)c(C#N)c(N)n1. The molecule has 0 unspecified atom stereocenters. The van der Waals surface area contributed by atoms with Crippen LogP contribution in [-0.4, -0.2) is 15.2 Å². The van der Waals surface area contributed by atoms with Crippen molar-refractivity contribution in [2.45, 2.75) is 13.8 Å². The molecule has 0 fully saturated rings. The number of nitrogen functional groups attached to an aromatic ring is 1. The van der Waals surface area contributed by atoms with Gasteiger partial charge >= 0.3 is 0 Å². The minimum Gasteiger partial charge on any atom is -0.383 e. The van der Waals surface area contributed by atoms with Crippen LogP contribution < -0.4 is 5.73 Å². The van der Waals surface area contributed by atoms with Crippen LogP contribution in [0.1, 0.15) is 17.0 Å². The first-order valence-electron chi connectivity index (χ1n) is 7.09. The number of nitrogens with one attached hydrogen (secondary N) is 1. The molecule has 3 aromatic rings. The molecule has 0 bridgehead atoms. The number of rotatable bonds is 2. The van der Waals surface area contributed by atoms with E-state index in [0.29, 0.717) is 16.8 Å². The molecule has 0 aliphatic rings. The molecule has 0 amide bonds. The molecule has 24 heavy (non-hydrogen) atoms. The molecular weight excluding hydrogens is 329 g/mol. The highest BCUT2D eigenvalue weighted by Gasteiger charge is 2.17. The number of aromatic amines is 1. The van der Waals surface area contributed by atoms with E-state index in [4.69, 9.17) is 17.3 Å². The maximum absolute atomic E-state index is 13.7. The van der Waals surface area contributed by atoms with Crippen molar-refractivity contribution in [1.29, 1.82) is 5.26 Å². The lowest BCUT2D eigenvalue weighted by atomic mass is 9.98. The highest BCUT2D eigenvalue weighted by molar-refractivity contribution is 6.30. The summed E-state index contributed by atoms with van der Waals surface area (Å²) in [6, 6.07) is 7.82. The fraction of sp³-hybridized carbons (Fsp3) is 0.118. The molecule has 1 aromatic carbocycles. The Bertz CT molecular complexity index is 948. The van der Waals surface area contributed by atoms with Gasteiger partial charge in [0.25, 0.3) is 0 Å². The number of hydrogen-bond acceptors (Lipinski definition) is 4. The predicted molar refractivity (Wildman–Crippen MR) is 90.8 cm³/mol. The molecule has 7 heteroatoms. The number of halogens is 2. The number of nitrogens with two attached hydrogens (primary N) is 1. The molecule has 2 heterocycles. The average Bonchev–Trinajstić information content (AvgIpc) is 2.84. The lowest BCUT2D eigenvalue weighted by Gasteiger charge is -2.11. The summed E-state index contributed by atoms with van der Waals surface area (Å²) in [7, 11) is 0. The van der Waals surface area contributed by atoms with Gasteiger partial charge < -0.3 is 5.73 Å². The smallest absolute Gasteiger partial charge is 0.142 e. The molecule has 0 atom stereocenters. The Kier molecular flexibility index (Phi) is 3.96. The molecule has 0 aliphatic heterocycles. The van der Waals surface area contributed by atoms with Gasteiger partial charge in [-0.3, -0.25) is 5.10 Å². The van der Waals surface area contributed by atoms with Crippen molar-refractivity contribution < 1.29 is 4.39 Å². The third kappa shape index (κ3) is 2.70. The van der Waals surface area contributed by atoms with Crippen LogP contribution in [-0.2, 0) is 0 Å². The van der Waals surface area contributed by atoms with Gasteiger partial charge in [0.2, 0.25) is 0 Å². The van der Waals surface area contributed by atoms with E-state index in [1.807, 2.05) is 19.9 Å². The third-order valence-corrected chi connectivity index (χ3v) is 3.94. The topological polar surface area (TPSA) is 91.4 Å². The Morgan fingerprint density at radius 1 is 1.25 bits per heavy atom. The number of H-pyrrole nitrogens is 1. The van der Waals surface area contributed by atoms with Crippen LogP contribution in [0.3, 0.4) is 0 Å². The van der Waals surface area contributed by atoms with E-state index >= 15 is 0 Å². The minimum atomic E-state index is -0.492. The van der Waals surface area contributed by atoms with E-state index in [1.165, 1.54) is 12.1 Å². The Morgan fingerprint density at radius 2 is 2.00 bits per heavy atom. The van der Waals surface area contributed by atoms with Gasteiger partial charge in [0.1, 0.15) is 23.3 Å². The normalized spacial score (nSPS) is 10.6. The van der Waals surface area contributed by atoms with Crippen LogP contribution in [0.15, 0.2) is 24.3 Å². The second-order valence-electron chi connectivity index (χ2n) is 5.39. The predicted octanol–water partition coefficient (Wildman–Crippen LogP) is 4.00. The maximum atomic E-state index is 13.7. The molecule has 3 N–H and O–H groups in total. The standard InChI is InChI=1S/C17H13ClFN5/c1-8-16(9(2)24-23-8)15-6-13(14(7-20)17(21)22-15)10-3-11(18)5-12(19)4-10/h3-6H,1-2H3,(H2,21,22)(H,23,24).